The minimum atomic E-state index is -0.369. The average molecular weight is 609 g/mol. The highest BCUT2D eigenvalue weighted by atomic mass is 16.6. The molecule has 1 aliphatic rings. The zero-order chi connectivity index (χ0) is 31.2. The number of hydrogen-bond donors (Lipinski definition) is 0. The molecule has 0 spiro atoms. The summed E-state index contributed by atoms with van der Waals surface area (Å²) in [6.45, 7) is 2.16. The standard InChI is InChI=1S/C35H36N4O6/c1-37-31-21-27(38-19-17-28(18-20-38)43-24-33(40)42-2)13-14-29(31)39(35(37)41)30-15-16-32(44-22-25-9-5-3-6-10-25)36-34(30)45-23-26-11-7-4-8-12-26/h3-16,21,28H,17-20,22-24H2,1-2H3. The molecule has 1 fully saturated rings. The van der Waals surface area contributed by atoms with E-state index in [9.17, 15) is 9.59 Å². The highest BCUT2D eigenvalue weighted by Gasteiger charge is 2.23. The van der Waals surface area contributed by atoms with Gasteiger partial charge in [0.25, 0.3) is 0 Å². The Morgan fingerprint density at radius 1 is 0.844 bits per heavy atom. The molecule has 232 valence electrons. The van der Waals surface area contributed by atoms with E-state index < -0.39 is 0 Å². The second-order valence-electron chi connectivity index (χ2n) is 10.9. The van der Waals surface area contributed by atoms with Gasteiger partial charge in [-0.15, -0.1) is 0 Å². The topological polar surface area (TPSA) is 97.1 Å². The van der Waals surface area contributed by atoms with Crippen molar-refractivity contribution >= 4 is 22.7 Å². The van der Waals surface area contributed by atoms with Crippen LogP contribution in [0.3, 0.4) is 0 Å². The Kier molecular flexibility index (Phi) is 9.11. The Morgan fingerprint density at radius 3 is 2.18 bits per heavy atom. The van der Waals surface area contributed by atoms with Crippen LogP contribution in [-0.4, -0.2) is 53.0 Å². The number of rotatable bonds is 11. The summed E-state index contributed by atoms with van der Waals surface area (Å²) in [7, 11) is 3.13. The number of carbonyl (C=O) groups excluding carboxylic acids is 1. The number of esters is 1. The van der Waals surface area contributed by atoms with E-state index in [-0.39, 0.29) is 31.0 Å². The zero-order valence-corrected chi connectivity index (χ0v) is 25.4. The smallest absolute Gasteiger partial charge is 0.333 e. The van der Waals surface area contributed by atoms with Crippen LogP contribution in [0, 0.1) is 0 Å². The number of hydrogen-bond acceptors (Lipinski definition) is 8. The number of anilines is 1. The number of pyridine rings is 1. The molecule has 2 aromatic heterocycles. The lowest BCUT2D eigenvalue weighted by Crippen LogP contribution is -2.37. The normalized spacial score (nSPS) is 13.6. The lowest BCUT2D eigenvalue weighted by molar-refractivity contribution is -0.148. The fourth-order valence-electron chi connectivity index (χ4n) is 5.51. The fraction of sp³-hybridized carbons (Fsp3) is 0.286. The summed E-state index contributed by atoms with van der Waals surface area (Å²) >= 11 is 0. The predicted molar refractivity (Wildman–Crippen MR) is 171 cm³/mol. The second-order valence-corrected chi connectivity index (χ2v) is 10.9. The van der Waals surface area contributed by atoms with E-state index in [1.807, 2.05) is 84.9 Å². The van der Waals surface area contributed by atoms with Crippen LogP contribution in [0.5, 0.6) is 11.8 Å². The molecule has 0 radical (unpaired) electrons. The van der Waals surface area contributed by atoms with Gasteiger partial charge in [-0.1, -0.05) is 60.7 Å². The molecule has 0 aliphatic carbocycles. The quantitative estimate of drug-likeness (QED) is 0.193. The van der Waals surface area contributed by atoms with Crippen molar-refractivity contribution in [2.45, 2.75) is 32.2 Å². The molecule has 3 heterocycles. The molecule has 0 bridgehead atoms. The molecule has 10 heteroatoms. The highest BCUT2D eigenvalue weighted by Crippen LogP contribution is 2.30. The van der Waals surface area contributed by atoms with Gasteiger partial charge in [0.2, 0.25) is 11.8 Å². The minimum Gasteiger partial charge on any atom is -0.473 e. The summed E-state index contributed by atoms with van der Waals surface area (Å²) in [5, 5.41) is 0. The van der Waals surface area contributed by atoms with Gasteiger partial charge in [-0.25, -0.2) is 9.59 Å². The van der Waals surface area contributed by atoms with Crippen LogP contribution in [0.25, 0.3) is 16.7 Å². The Morgan fingerprint density at radius 2 is 1.51 bits per heavy atom. The van der Waals surface area contributed by atoms with E-state index in [4.69, 9.17) is 19.2 Å². The molecule has 6 rings (SSSR count). The van der Waals surface area contributed by atoms with Crippen LogP contribution in [0.2, 0.25) is 0 Å². The van der Waals surface area contributed by atoms with Crippen molar-refractivity contribution in [3.05, 3.63) is 113 Å². The van der Waals surface area contributed by atoms with E-state index in [1.54, 1.807) is 22.2 Å². The summed E-state index contributed by atoms with van der Waals surface area (Å²) in [6, 6.07) is 29.3. The van der Waals surface area contributed by atoms with Crippen LogP contribution in [0.4, 0.5) is 5.69 Å². The molecule has 1 aliphatic heterocycles. The van der Waals surface area contributed by atoms with Crippen LogP contribution >= 0.6 is 0 Å². The molecule has 5 aromatic rings. The molecule has 0 unspecified atom stereocenters. The number of benzene rings is 3. The zero-order valence-electron chi connectivity index (χ0n) is 25.4. The molecule has 0 atom stereocenters. The first kappa shape index (κ1) is 30.0. The van der Waals surface area contributed by atoms with Gasteiger partial charge < -0.3 is 23.8 Å². The maximum absolute atomic E-state index is 13.7. The summed E-state index contributed by atoms with van der Waals surface area (Å²) in [6.07, 6.45) is 1.60. The SMILES string of the molecule is COC(=O)COC1CCN(c2ccc3c(c2)n(C)c(=O)n3-c2ccc(OCc3ccccc3)nc2OCc2ccccc2)CC1. The largest absolute Gasteiger partial charge is 0.473 e. The van der Waals surface area contributed by atoms with Gasteiger partial charge in [-0.2, -0.15) is 4.98 Å². The number of fused-ring (bicyclic) bond motifs is 1. The molecular formula is C35H36N4O6. The number of aromatic nitrogens is 3. The molecule has 1 saturated heterocycles. The van der Waals surface area contributed by atoms with Crippen LogP contribution in [0.1, 0.15) is 24.0 Å². The second kappa shape index (κ2) is 13.7. The van der Waals surface area contributed by atoms with E-state index in [1.165, 1.54) is 7.11 Å². The first-order valence-corrected chi connectivity index (χ1v) is 15.0. The lowest BCUT2D eigenvalue weighted by Gasteiger charge is -2.33. The fourth-order valence-corrected chi connectivity index (χ4v) is 5.51. The van der Waals surface area contributed by atoms with Crippen molar-refractivity contribution in [1.29, 1.82) is 0 Å². The molecule has 0 amide bonds. The number of carbonyl (C=O) groups is 1. The van der Waals surface area contributed by atoms with Crippen molar-refractivity contribution in [3.63, 3.8) is 0 Å². The van der Waals surface area contributed by atoms with Crippen LogP contribution < -0.4 is 20.1 Å². The number of piperidine rings is 1. The van der Waals surface area contributed by atoms with Crippen molar-refractivity contribution in [1.82, 2.24) is 14.1 Å². The first-order valence-electron chi connectivity index (χ1n) is 15.0. The van der Waals surface area contributed by atoms with Gasteiger partial charge in [0, 0.05) is 31.9 Å². The molecule has 0 N–H and O–H groups in total. The van der Waals surface area contributed by atoms with Crippen molar-refractivity contribution in [2.75, 3.05) is 31.7 Å². The number of ether oxygens (including phenoxy) is 4. The van der Waals surface area contributed by atoms with Gasteiger partial charge in [-0.3, -0.25) is 9.13 Å². The monoisotopic (exact) mass is 608 g/mol. The molecule has 45 heavy (non-hydrogen) atoms. The van der Waals surface area contributed by atoms with E-state index in [2.05, 4.69) is 9.64 Å². The minimum absolute atomic E-state index is 0.0102. The number of imidazole rings is 1. The first-order chi connectivity index (χ1) is 22.0. The van der Waals surface area contributed by atoms with E-state index in [0.29, 0.717) is 24.1 Å². The van der Waals surface area contributed by atoms with Gasteiger partial charge in [0.15, 0.2) is 0 Å². The van der Waals surface area contributed by atoms with Crippen LogP contribution in [0.15, 0.2) is 95.8 Å². The van der Waals surface area contributed by atoms with Crippen molar-refractivity contribution in [3.8, 4) is 17.4 Å². The third-order valence-electron chi connectivity index (χ3n) is 8.01. The Balaban J connectivity index is 1.27. The number of methoxy groups -OCH3 is 1. The summed E-state index contributed by atoms with van der Waals surface area (Å²) in [5.41, 5.74) is 4.88. The summed E-state index contributed by atoms with van der Waals surface area (Å²) in [4.78, 5) is 32.2. The highest BCUT2D eigenvalue weighted by molar-refractivity contribution is 5.82. The Bertz CT molecular complexity index is 1810. The van der Waals surface area contributed by atoms with E-state index >= 15 is 0 Å². The Labute approximate surface area is 261 Å². The Hall–Kier alpha value is -5.09. The summed E-state index contributed by atoms with van der Waals surface area (Å²) in [5.74, 6) is 0.337. The van der Waals surface area contributed by atoms with Crippen LogP contribution in [-0.2, 0) is 34.5 Å². The molecule has 3 aromatic carbocycles. The third kappa shape index (κ3) is 6.86. The molecule has 0 saturated carbocycles. The number of nitrogens with zero attached hydrogens (tertiary/aromatic N) is 4. The summed E-state index contributed by atoms with van der Waals surface area (Å²) < 4.78 is 25.9. The maximum atomic E-state index is 13.7. The maximum Gasteiger partial charge on any atom is 0.333 e. The van der Waals surface area contributed by atoms with Gasteiger partial charge >= 0.3 is 11.7 Å². The van der Waals surface area contributed by atoms with Crippen molar-refractivity contribution < 1.29 is 23.7 Å². The lowest BCUT2D eigenvalue weighted by atomic mass is 10.1. The van der Waals surface area contributed by atoms with Crippen molar-refractivity contribution in [2.24, 2.45) is 7.05 Å². The van der Waals surface area contributed by atoms with Gasteiger partial charge in [0.1, 0.15) is 25.5 Å². The van der Waals surface area contributed by atoms with Gasteiger partial charge in [-0.05, 0) is 48.2 Å². The predicted octanol–water partition coefficient (Wildman–Crippen LogP) is 5.04. The molecule has 10 nitrogen and oxygen atoms in total. The number of aryl methyl sites for hydroxylation is 1. The van der Waals surface area contributed by atoms with E-state index in [0.717, 1.165) is 53.8 Å². The molecular weight excluding hydrogens is 572 g/mol. The average Bonchev–Trinajstić information content (AvgIpc) is 3.34. The van der Waals surface area contributed by atoms with Gasteiger partial charge in [0.05, 0.1) is 24.2 Å². The third-order valence-corrected chi connectivity index (χ3v) is 8.01.